The summed E-state index contributed by atoms with van der Waals surface area (Å²) in [5, 5.41) is 2.97. The number of amides is 2. The van der Waals surface area contributed by atoms with Crippen molar-refractivity contribution >= 4 is 11.8 Å². The molecule has 3 rings (SSSR count). The number of nitrogens with zero attached hydrogens (tertiary/aromatic N) is 3. The van der Waals surface area contributed by atoms with Crippen LogP contribution in [0.25, 0.3) is 0 Å². The van der Waals surface area contributed by atoms with Crippen molar-refractivity contribution < 1.29 is 14.0 Å². The Morgan fingerprint density at radius 3 is 2.32 bits per heavy atom. The molecule has 1 unspecified atom stereocenters. The van der Waals surface area contributed by atoms with Crippen LogP contribution in [0.1, 0.15) is 25.3 Å². The van der Waals surface area contributed by atoms with Gasteiger partial charge in [0.05, 0.1) is 12.6 Å². The molecule has 1 aromatic rings. The molecule has 2 aliphatic rings. The summed E-state index contributed by atoms with van der Waals surface area (Å²) < 4.78 is 12.9. The molecule has 2 fully saturated rings. The van der Waals surface area contributed by atoms with Gasteiger partial charge in [0.1, 0.15) is 5.82 Å². The fourth-order valence-electron chi connectivity index (χ4n) is 3.86. The fraction of sp³-hybridized carbons (Fsp3) is 0.619. The largest absolute Gasteiger partial charge is 0.354 e. The van der Waals surface area contributed by atoms with Crippen LogP contribution in [0.2, 0.25) is 0 Å². The van der Waals surface area contributed by atoms with Crippen LogP contribution in [0.15, 0.2) is 24.3 Å². The van der Waals surface area contributed by atoms with Gasteiger partial charge in [-0.25, -0.2) is 4.39 Å². The topological polar surface area (TPSA) is 55.9 Å². The molecule has 2 saturated heterocycles. The van der Waals surface area contributed by atoms with Crippen molar-refractivity contribution in [2.45, 2.75) is 32.2 Å². The summed E-state index contributed by atoms with van der Waals surface area (Å²) in [5.41, 5.74) is 1.01. The molecular weight excluding hydrogens is 359 g/mol. The minimum Gasteiger partial charge on any atom is -0.354 e. The Labute approximate surface area is 166 Å². The Morgan fingerprint density at radius 2 is 1.68 bits per heavy atom. The van der Waals surface area contributed by atoms with E-state index in [1.165, 1.54) is 12.1 Å². The van der Waals surface area contributed by atoms with Gasteiger partial charge in [0.25, 0.3) is 0 Å². The molecule has 1 atom stereocenters. The minimum atomic E-state index is -0.248. The van der Waals surface area contributed by atoms with Crippen LogP contribution in [0, 0.1) is 5.82 Å². The van der Waals surface area contributed by atoms with Crippen LogP contribution in [-0.4, -0.2) is 84.9 Å². The summed E-state index contributed by atoms with van der Waals surface area (Å²) in [6.45, 7) is 7.96. The second kappa shape index (κ2) is 9.98. The van der Waals surface area contributed by atoms with Gasteiger partial charge >= 0.3 is 0 Å². The van der Waals surface area contributed by atoms with Crippen molar-refractivity contribution in [2.24, 2.45) is 0 Å². The molecule has 0 spiro atoms. The second-order valence-corrected chi connectivity index (χ2v) is 7.74. The van der Waals surface area contributed by atoms with Crippen molar-refractivity contribution in [1.29, 1.82) is 0 Å². The first kappa shape index (κ1) is 20.7. The van der Waals surface area contributed by atoms with Gasteiger partial charge in [-0.05, 0) is 43.9 Å². The Bertz CT molecular complexity index is 653. The van der Waals surface area contributed by atoms with Crippen LogP contribution in [0.4, 0.5) is 4.39 Å². The zero-order valence-corrected chi connectivity index (χ0v) is 16.7. The van der Waals surface area contributed by atoms with Crippen LogP contribution in [0.3, 0.4) is 0 Å². The van der Waals surface area contributed by atoms with Gasteiger partial charge in [0, 0.05) is 45.8 Å². The van der Waals surface area contributed by atoms with Crippen LogP contribution < -0.4 is 5.32 Å². The van der Waals surface area contributed by atoms with Gasteiger partial charge in [-0.2, -0.15) is 0 Å². The van der Waals surface area contributed by atoms with Crippen molar-refractivity contribution in [2.75, 3.05) is 52.4 Å². The second-order valence-electron chi connectivity index (χ2n) is 7.74. The van der Waals surface area contributed by atoms with Crippen molar-refractivity contribution in [3.63, 3.8) is 0 Å². The number of hydrogen-bond acceptors (Lipinski definition) is 4. The highest BCUT2D eigenvalue weighted by Gasteiger charge is 2.27. The van der Waals surface area contributed by atoms with Crippen LogP contribution in [-0.2, 0) is 16.0 Å². The van der Waals surface area contributed by atoms with Gasteiger partial charge in [0.2, 0.25) is 11.8 Å². The number of nitrogens with one attached hydrogen (secondary N) is 1. The molecule has 0 radical (unpaired) electrons. The molecule has 0 aromatic heterocycles. The molecule has 2 aliphatic heterocycles. The number of rotatable bonds is 7. The Morgan fingerprint density at radius 1 is 1.04 bits per heavy atom. The molecule has 0 aliphatic carbocycles. The average Bonchev–Trinajstić information content (AvgIpc) is 3.24. The van der Waals surface area contributed by atoms with E-state index in [9.17, 15) is 14.0 Å². The molecule has 154 valence electrons. The molecule has 2 heterocycles. The summed E-state index contributed by atoms with van der Waals surface area (Å²) >= 11 is 0. The Hall–Kier alpha value is -1.99. The van der Waals surface area contributed by atoms with Gasteiger partial charge < -0.3 is 10.2 Å². The Balaban J connectivity index is 1.35. The lowest BCUT2D eigenvalue weighted by Gasteiger charge is -2.37. The van der Waals surface area contributed by atoms with Crippen molar-refractivity contribution in [3.8, 4) is 0 Å². The highest BCUT2D eigenvalue weighted by molar-refractivity contribution is 5.81. The van der Waals surface area contributed by atoms with Crippen molar-refractivity contribution in [3.05, 3.63) is 35.6 Å². The number of piperazine rings is 1. The number of carbonyl (C=O) groups is 2. The quantitative estimate of drug-likeness (QED) is 0.758. The predicted molar refractivity (Wildman–Crippen MR) is 106 cm³/mol. The zero-order valence-electron chi connectivity index (χ0n) is 16.7. The smallest absolute Gasteiger partial charge is 0.237 e. The maximum atomic E-state index is 12.9. The van der Waals surface area contributed by atoms with E-state index in [0.717, 1.165) is 57.7 Å². The third-order valence-corrected chi connectivity index (χ3v) is 5.78. The van der Waals surface area contributed by atoms with E-state index >= 15 is 0 Å². The highest BCUT2D eigenvalue weighted by Crippen LogP contribution is 2.11. The maximum absolute atomic E-state index is 12.9. The highest BCUT2D eigenvalue weighted by atomic mass is 19.1. The third-order valence-electron chi connectivity index (χ3n) is 5.78. The normalized spacial score (nSPS) is 19.6. The zero-order chi connectivity index (χ0) is 19.9. The maximum Gasteiger partial charge on any atom is 0.237 e. The molecule has 7 heteroatoms. The lowest BCUT2D eigenvalue weighted by atomic mass is 10.1. The standard InChI is InChI=1S/C21H31FN4O2/c1-17(21(28)23-9-8-18-4-6-19(22)7-5-18)25-14-12-24(13-15-25)16-20(27)26-10-2-3-11-26/h4-7,17H,2-3,8-16H2,1H3,(H,23,28). The number of carbonyl (C=O) groups excluding carboxylic acids is 2. The lowest BCUT2D eigenvalue weighted by molar-refractivity contribution is -0.133. The Kier molecular flexibility index (Phi) is 7.39. The van der Waals surface area contributed by atoms with Gasteiger partial charge in [-0.1, -0.05) is 12.1 Å². The van der Waals surface area contributed by atoms with Crippen molar-refractivity contribution in [1.82, 2.24) is 20.0 Å². The molecular formula is C21H31FN4O2. The molecule has 6 nitrogen and oxygen atoms in total. The van der Waals surface area contributed by atoms with E-state index in [-0.39, 0.29) is 23.7 Å². The van der Waals surface area contributed by atoms with Gasteiger partial charge in [-0.3, -0.25) is 19.4 Å². The monoisotopic (exact) mass is 390 g/mol. The molecule has 0 saturated carbocycles. The summed E-state index contributed by atoms with van der Waals surface area (Å²) in [5.74, 6) is 0.00363. The molecule has 28 heavy (non-hydrogen) atoms. The van der Waals surface area contributed by atoms with Gasteiger partial charge in [0.15, 0.2) is 0 Å². The van der Waals surface area contributed by atoms with Crippen LogP contribution >= 0.6 is 0 Å². The number of likely N-dealkylation sites (tertiary alicyclic amines) is 1. The summed E-state index contributed by atoms with van der Waals surface area (Å²) in [6.07, 6.45) is 2.92. The SMILES string of the molecule is CC(C(=O)NCCc1ccc(F)cc1)N1CCN(CC(=O)N2CCCC2)CC1. The average molecular weight is 391 g/mol. The number of halogens is 1. The first-order valence-corrected chi connectivity index (χ1v) is 10.3. The minimum absolute atomic E-state index is 0.0173. The molecule has 1 aromatic carbocycles. The van der Waals surface area contributed by atoms with E-state index in [1.807, 2.05) is 11.8 Å². The fourth-order valence-corrected chi connectivity index (χ4v) is 3.86. The number of hydrogen-bond donors (Lipinski definition) is 1. The van der Waals surface area contributed by atoms with E-state index < -0.39 is 0 Å². The predicted octanol–water partition coefficient (Wildman–Crippen LogP) is 1.11. The van der Waals surface area contributed by atoms with E-state index in [4.69, 9.17) is 0 Å². The first-order valence-electron chi connectivity index (χ1n) is 10.3. The number of benzene rings is 1. The summed E-state index contributed by atoms with van der Waals surface area (Å²) in [4.78, 5) is 31.0. The molecule has 2 amide bonds. The molecule has 0 bridgehead atoms. The summed E-state index contributed by atoms with van der Waals surface area (Å²) in [7, 11) is 0. The summed E-state index contributed by atoms with van der Waals surface area (Å²) in [6, 6.07) is 6.17. The van der Waals surface area contributed by atoms with E-state index in [1.54, 1.807) is 12.1 Å². The van der Waals surface area contributed by atoms with Crippen LogP contribution in [0.5, 0.6) is 0 Å². The van der Waals surface area contributed by atoms with Gasteiger partial charge in [-0.15, -0.1) is 0 Å². The first-order chi connectivity index (χ1) is 13.5. The van der Waals surface area contributed by atoms with E-state index in [2.05, 4.69) is 15.1 Å². The molecule has 1 N–H and O–H groups in total. The third kappa shape index (κ3) is 5.75. The van der Waals surface area contributed by atoms with E-state index in [0.29, 0.717) is 19.5 Å². The lowest BCUT2D eigenvalue weighted by Crippen LogP contribution is -2.55.